The van der Waals surface area contributed by atoms with Crippen LogP contribution in [0.15, 0.2) is 0 Å². The second kappa shape index (κ2) is 3.95. The monoisotopic (exact) mass is 184 g/mol. The molecule has 3 heteroatoms. The Hall–Kier alpha value is -0.120. The number of nitrogens with one attached hydrogen (secondary N) is 2. The van der Waals surface area contributed by atoms with Gasteiger partial charge in [-0.15, -0.1) is 0 Å². The summed E-state index contributed by atoms with van der Waals surface area (Å²) in [5.41, 5.74) is 0.151. The predicted molar refractivity (Wildman–Crippen MR) is 52.9 cm³/mol. The molecule has 1 unspecified atom stereocenters. The Labute approximate surface area is 80.2 Å². The van der Waals surface area contributed by atoms with E-state index in [-0.39, 0.29) is 5.60 Å². The topological polar surface area (TPSA) is 33.3 Å². The molecule has 2 heterocycles. The molecule has 2 aliphatic rings. The maximum atomic E-state index is 6.01. The van der Waals surface area contributed by atoms with Gasteiger partial charge in [-0.2, -0.15) is 0 Å². The van der Waals surface area contributed by atoms with E-state index in [1.54, 1.807) is 0 Å². The fourth-order valence-electron chi connectivity index (χ4n) is 2.63. The van der Waals surface area contributed by atoms with Gasteiger partial charge in [-0.3, -0.25) is 0 Å². The third kappa shape index (κ3) is 1.73. The van der Waals surface area contributed by atoms with Gasteiger partial charge in [0, 0.05) is 12.6 Å². The van der Waals surface area contributed by atoms with E-state index in [4.69, 9.17) is 4.74 Å². The number of ether oxygens (including phenoxy) is 1. The average Bonchev–Trinajstić information content (AvgIpc) is 2.20. The highest BCUT2D eigenvalue weighted by Crippen LogP contribution is 2.30. The minimum atomic E-state index is 0.151. The Morgan fingerprint density at radius 1 is 1.31 bits per heavy atom. The van der Waals surface area contributed by atoms with Crippen LogP contribution >= 0.6 is 0 Å². The lowest BCUT2D eigenvalue weighted by atomic mass is 9.82. The molecule has 0 radical (unpaired) electrons. The summed E-state index contributed by atoms with van der Waals surface area (Å²) in [6.07, 6.45) is 3.51. The Morgan fingerprint density at radius 3 is 2.77 bits per heavy atom. The summed E-state index contributed by atoms with van der Waals surface area (Å²) in [5.74, 6) is 0. The molecule has 0 bridgehead atoms. The van der Waals surface area contributed by atoms with Gasteiger partial charge in [0.05, 0.1) is 12.2 Å². The second-order valence-corrected chi connectivity index (χ2v) is 4.08. The summed E-state index contributed by atoms with van der Waals surface area (Å²) >= 11 is 0. The molecule has 3 nitrogen and oxygen atoms in total. The second-order valence-electron chi connectivity index (χ2n) is 4.08. The van der Waals surface area contributed by atoms with Crippen molar-refractivity contribution in [2.24, 2.45) is 0 Å². The molecule has 2 N–H and O–H groups in total. The zero-order chi connectivity index (χ0) is 9.15. The highest BCUT2D eigenvalue weighted by Gasteiger charge is 2.41. The minimum absolute atomic E-state index is 0.151. The first-order valence-electron chi connectivity index (χ1n) is 5.45. The van der Waals surface area contributed by atoms with Crippen LogP contribution in [0.1, 0.15) is 26.2 Å². The van der Waals surface area contributed by atoms with Gasteiger partial charge in [-0.1, -0.05) is 6.92 Å². The molecular weight excluding hydrogens is 164 g/mol. The van der Waals surface area contributed by atoms with Crippen molar-refractivity contribution in [2.45, 2.75) is 37.8 Å². The van der Waals surface area contributed by atoms with Crippen molar-refractivity contribution in [1.82, 2.24) is 10.6 Å². The van der Waals surface area contributed by atoms with Crippen LogP contribution in [0.3, 0.4) is 0 Å². The zero-order valence-electron chi connectivity index (χ0n) is 8.44. The molecule has 0 aromatic heterocycles. The predicted octanol–water partition coefficient (Wildman–Crippen LogP) is 0.507. The van der Waals surface area contributed by atoms with Gasteiger partial charge in [-0.05, 0) is 32.4 Å². The first kappa shape index (κ1) is 9.44. The third-order valence-electron chi connectivity index (χ3n) is 3.38. The summed E-state index contributed by atoms with van der Waals surface area (Å²) in [6.45, 7) is 6.37. The number of morpholine rings is 1. The van der Waals surface area contributed by atoms with E-state index in [9.17, 15) is 0 Å². The molecule has 13 heavy (non-hydrogen) atoms. The van der Waals surface area contributed by atoms with Gasteiger partial charge in [0.1, 0.15) is 0 Å². The molecule has 2 aliphatic heterocycles. The summed E-state index contributed by atoms with van der Waals surface area (Å²) in [7, 11) is 0. The van der Waals surface area contributed by atoms with Gasteiger partial charge in [0.15, 0.2) is 0 Å². The Balaban J connectivity index is 2.06. The molecule has 2 saturated heterocycles. The zero-order valence-corrected chi connectivity index (χ0v) is 8.44. The van der Waals surface area contributed by atoms with Crippen LogP contribution in [0.25, 0.3) is 0 Å². The summed E-state index contributed by atoms with van der Waals surface area (Å²) in [6, 6.07) is 0.573. The molecule has 0 aliphatic carbocycles. The summed E-state index contributed by atoms with van der Waals surface area (Å²) in [5, 5.41) is 6.97. The molecule has 1 atom stereocenters. The standard InChI is InChI=1S/C10H20N2O/c1-2-9-10(13-8-7-12-9)3-5-11-6-4-10/h9,11-12H,2-8H2,1H3. The largest absolute Gasteiger partial charge is 0.372 e. The lowest BCUT2D eigenvalue weighted by molar-refractivity contribution is -0.114. The molecule has 0 aromatic rings. The molecular formula is C10H20N2O. The van der Waals surface area contributed by atoms with E-state index in [0.717, 1.165) is 26.2 Å². The minimum Gasteiger partial charge on any atom is -0.372 e. The van der Waals surface area contributed by atoms with E-state index in [1.165, 1.54) is 19.3 Å². The summed E-state index contributed by atoms with van der Waals surface area (Å²) in [4.78, 5) is 0. The van der Waals surface area contributed by atoms with E-state index >= 15 is 0 Å². The van der Waals surface area contributed by atoms with Crippen LogP contribution in [-0.2, 0) is 4.74 Å². The van der Waals surface area contributed by atoms with Crippen molar-refractivity contribution >= 4 is 0 Å². The van der Waals surface area contributed by atoms with Gasteiger partial charge in [0.25, 0.3) is 0 Å². The fourth-order valence-corrected chi connectivity index (χ4v) is 2.63. The van der Waals surface area contributed by atoms with Crippen LogP contribution in [0.2, 0.25) is 0 Å². The maximum absolute atomic E-state index is 6.01. The molecule has 1 spiro atoms. The van der Waals surface area contributed by atoms with E-state index in [1.807, 2.05) is 0 Å². The lowest BCUT2D eigenvalue weighted by Crippen LogP contribution is -2.61. The van der Waals surface area contributed by atoms with Crippen LogP contribution in [0.4, 0.5) is 0 Å². The lowest BCUT2D eigenvalue weighted by Gasteiger charge is -2.46. The van der Waals surface area contributed by atoms with Crippen LogP contribution in [-0.4, -0.2) is 37.9 Å². The van der Waals surface area contributed by atoms with Crippen LogP contribution in [0, 0.1) is 0 Å². The van der Waals surface area contributed by atoms with Gasteiger partial charge in [-0.25, -0.2) is 0 Å². The van der Waals surface area contributed by atoms with Crippen LogP contribution in [0.5, 0.6) is 0 Å². The Bertz CT molecular complexity index is 158. The molecule has 2 rings (SSSR count). The molecule has 76 valence electrons. The van der Waals surface area contributed by atoms with Gasteiger partial charge < -0.3 is 15.4 Å². The summed E-state index contributed by atoms with van der Waals surface area (Å²) < 4.78 is 6.01. The number of hydrogen-bond donors (Lipinski definition) is 2. The molecule has 2 fully saturated rings. The van der Waals surface area contributed by atoms with E-state index in [0.29, 0.717) is 6.04 Å². The van der Waals surface area contributed by atoms with E-state index < -0.39 is 0 Å². The Kier molecular flexibility index (Phi) is 2.86. The number of rotatable bonds is 1. The molecule has 0 amide bonds. The van der Waals surface area contributed by atoms with E-state index in [2.05, 4.69) is 17.6 Å². The highest BCUT2D eigenvalue weighted by molar-refractivity contribution is 4.98. The first-order valence-corrected chi connectivity index (χ1v) is 5.45. The third-order valence-corrected chi connectivity index (χ3v) is 3.38. The average molecular weight is 184 g/mol. The van der Waals surface area contributed by atoms with Crippen LogP contribution < -0.4 is 10.6 Å². The van der Waals surface area contributed by atoms with Crippen molar-refractivity contribution in [1.29, 1.82) is 0 Å². The van der Waals surface area contributed by atoms with Crippen molar-refractivity contribution in [3.05, 3.63) is 0 Å². The van der Waals surface area contributed by atoms with Gasteiger partial charge in [0.2, 0.25) is 0 Å². The first-order chi connectivity index (χ1) is 6.37. The molecule has 0 aromatic carbocycles. The quantitative estimate of drug-likeness (QED) is 0.623. The smallest absolute Gasteiger partial charge is 0.0859 e. The fraction of sp³-hybridized carbons (Fsp3) is 1.00. The molecule has 0 saturated carbocycles. The van der Waals surface area contributed by atoms with Crippen molar-refractivity contribution in [3.8, 4) is 0 Å². The Morgan fingerprint density at radius 2 is 2.08 bits per heavy atom. The normalized spacial score (nSPS) is 33.5. The number of piperidine rings is 1. The maximum Gasteiger partial charge on any atom is 0.0859 e. The van der Waals surface area contributed by atoms with Crippen molar-refractivity contribution in [2.75, 3.05) is 26.2 Å². The highest BCUT2D eigenvalue weighted by atomic mass is 16.5. The SMILES string of the molecule is CCC1NCCOC12CCNCC2. The number of hydrogen-bond acceptors (Lipinski definition) is 3. The van der Waals surface area contributed by atoms with Gasteiger partial charge >= 0.3 is 0 Å². The van der Waals surface area contributed by atoms with Crippen molar-refractivity contribution in [3.63, 3.8) is 0 Å². The van der Waals surface area contributed by atoms with Crippen molar-refractivity contribution < 1.29 is 4.74 Å².